The third-order valence-electron chi connectivity index (χ3n) is 4.65. The van der Waals surface area contributed by atoms with Crippen LogP contribution in [-0.2, 0) is 12.8 Å². The Hall–Kier alpha value is -3.21. The van der Waals surface area contributed by atoms with E-state index in [1.165, 1.54) is 24.0 Å². The monoisotopic (exact) mass is 345 g/mol. The fourth-order valence-electron chi connectivity index (χ4n) is 3.20. The first-order valence-electron chi connectivity index (χ1n) is 8.72. The fraction of sp³-hybridized carbons (Fsp3) is 0.190. The first-order chi connectivity index (χ1) is 12.7. The molecule has 0 spiro atoms. The van der Waals surface area contributed by atoms with Crippen molar-refractivity contribution in [3.63, 3.8) is 0 Å². The minimum atomic E-state index is -0.291. The summed E-state index contributed by atoms with van der Waals surface area (Å²) in [5, 5.41) is 10.6. The summed E-state index contributed by atoms with van der Waals surface area (Å²) in [6.07, 6.45) is 6.40. The lowest BCUT2D eigenvalue weighted by Crippen LogP contribution is -2.11. The molecule has 26 heavy (non-hydrogen) atoms. The molecule has 0 fully saturated rings. The summed E-state index contributed by atoms with van der Waals surface area (Å²) in [6.45, 7) is 3.70. The molecule has 0 saturated carbocycles. The molecule has 0 saturated heterocycles. The van der Waals surface area contributed by atoms with E-state index in [0.717, 1.165) is 24.0 Å². The molecule has 5 heteroatoms. The maximum atomic E-state index is 12.3. The lowest BCUT2D eigenvalue weighted by molar-refractivity contribution is 0.102. The highest BCUT2D eigenvalue weighted by molar-refractivity contribution is 6.03. The summed E-state index contributed by atoms with van der Waals surface area (Å²) in [4.78, 5) is 12.3. The summed E-state index contributed by atoms with van der Waals surface area (Å²) in [5.74, 6) is 0.122. The zero-order chi connectivity index (χ0) is 17.9. The number of hydrogen-bond donors (Lipinski definition) is 1. The van der Waals surface area contributed by atoms with Gasteiger partial charge >= 0.3 is 6.01 Å². The summed E-state index contributed by atoms with van der Waals surface area (Å²) < 4.78 is 5.63. The Bertz CT molecular complexity index is 958. The van der Waals surface area contributed by atoms with Gasteiger partial charge in [0, 0.05) is 11.1 Å². The lowest BCUT2D eigenvalue weighted by atomic mass is 9.90. The lowest BCUT2D eigenvalue weighted by Gasteiger charge is -2.15. The number of aryl methyl sites for hydroxylation is 2. The smallest absolute Gasteiger partial charge is 0.322 e. The number of rotatable bonds is 4. The number of aromatic nitrogens is 2. The molecule has 0 bridgehead atoms. The highest BCUT2D eigenvalue weighted by Crippen LogP contribution is 2.27. The van der Waals surface area contributed by atoms with Gasteiger partial charge in [-0.2, -0.15) is 0 Å². The number of nitrogens with one attached hydrogen (secondary N) is 1. The van der Waals surface area contributed by atoms with E-state index in [4.69, 9.17) is 4.42 Å². The molecule has 4 rings (SSSR count). The predicted octanol–water partition coefficient (Wildman–Crippen LogP) is 4.51. The van der Waals surface area contributed by atoms with Crippen molar-refractivity contribution in [1.82, 2.24) is 10.2 Å². The van der Waals surface area contributed by atoms with E-state index in [1.807, 2.05) is 18.2 Å². The van der Waals surface area contributed by atoms with Crippen molar-refractivity contribution in [2.75, 3.05) is 5.32 Å². The SMILES string of the molecule is C=Cc1ccc(C(=O)Nc2nnc(-c3ccc4c(c3)CCCC4)o2)cc1. The standard InChI is InChI=1S/C21H19N3O2/c1-2-14-7-9-16(10-8-14)19(25)22-21-24-23-20(26-21)18-12-11-15-5-3-4-6-17(15)13-18/h2,7-13H,1,3-6H2,(H,22,24,25). The normalized spacial score (nSPS) is 13.1. The largest absolute Gasteiger partial charge is 0.403 e. The minimum Gasteiger partial charge on any atom is -0.403 e. The van der Waals surface area contributed by atoms with Crippen LogP contribution in [0.25, 0.3) is 17.5 Å². The zero-order valence-electron chi connectivity index (χ0n) is 14.4. The van der Waals surface area contributed by atoms with Crippen LogP contribution in [0.1, 0.15) is 39.9 Å². The van der Waals surface area contributed by atoms with Crippen LogP contribution in [-0.4, -0.2) is 16.1 Å². The predicted molar refractivity (Wildman–Crippen MR) is 101 cm³/mol. The molecule has 1 N–H and O–H groups in total. The molecule has 0 radical (unpaired) electrons. The van der Waals surface area contributed by atoms with Crippen LogP contribution in [0.2, 0.25) is 0 Å². The average Bonchev–Trinajstić information content (AvgIpc) is 3.16. The van der Waals surface area contributed by atoms with E-state index in [-0.39, 0.29) is 11.9 Å². The number of fused-ring (bicyclic) bond motifs is 1. The first-order valence-corrected chi connectivity index (χ1v) is 8.72. The second-order valence-electron chi connectivity index (χ2n) is 6.38. The van der Waals surface area contributed by atoms with Gasteiger partial charge in [0.15, 0.2) is 0 Å². The molecule has 1 heterocycles. The van der Waals surface area contributed by atoms with Crippen LogP contribution in [0.5, 0.6) is 0 Å². The van der Waals surface area contributed by atoms with Crippen molar-refractivity contribution in [2.45, 2.75) is 25.7 Å². The maximum absolute atomic E-state index is 12.3. The average molecular weight is 345 g/mol. The van der Waals surface area contributed by atoms with E-state index < -0.39 is 0 Å². The van der Waals surface area contributed by atoms with Crippen molar-refractivity contribution < 1.29 is 9.21 Å². The topological polar surface area (TPSA) is 68.0 Å². The van der Waals surface area contributed by atoms with Crippen LogP contribution in [0.3, 0.4) is 0 Å². The molecule has 2 aromatic carbocycles. The van der Waals surface area contributed by atoms with Crippen molar-refractivity contribution in [2.24, 2.45) is 0 Å². The molecule has 1 amide bonds. The van der Waals surface area contributed by atoms with Crippen LogP contribution >= 0.6 is 0 Å². The third-order valence-corrected chi connectivity index (χ3v) is 4.65. The van der Waals surface area contributed by atoms with E-state index in [9.17, 15) is 4.79 Å². The van der Waals surface area contributed by atoms with Gasteiger partial charge < -0.3 is 4.42 Å². The minimum absolute atomic E-state index is 0.0931. The van der Waals surface area contributed by atoms with Crippen molar-refractivity contribution in [1.29, 1.82) is 0 Å². The number of carbonyl (C=O) groups excluding carboxylic acids is 1. The molecule has 3 aromatic rings. The molecule has 5 nitrogen and oxygen atoms in total. The van der Waals surface area contributed by atoms with Gasteiger partial charge in [-0.05, 0) is 66.6 Å². The Morgan fingerprint density at radius 1 is 1.04 bits per heavy atom. The zero-order valence-corrected chi connectivity index (χ0v) is 14.4. The highest BCUT2D eigenvalue weighted by atomic mass is 16.4. The quantitative estimate of drug-likeness (QED) is 0.755. The summed E-state index contributed by atoms with van der Waals surface area (Å²) in [5.41, 5.74) is 5.10. The molecule has 1 aliphatic rings. The Balaban J connectivity index is 1.50. The first kappa shape index (κ1) is 16.3. The fourth-order valence-corrected chi connectivity index (χ4v) is 3.20. The molecule has 0 atom stereocenters. The number of benzene rings is 2. The number of anilines is 1. The molecule has 0 aliphatic heterocycles. The van der Waals surface area contributed by atoms with E-state index in [2.05, 4.69) is 34.2 Å². The second-order valence-corrected chi connectivity index (χ2v) is 6.38. The molecule has 1 aromatic heterocycles. The van der Waals surface area contributed by atoms with Gasteiger partial charge in [0.05, 0.1) is 0 Å². The number of amides is 1. The van der Waals surface area contributed by atoms with Gasteiger partial charge in [-0.1, -0.05) is 36.0 Å². The highest BCUT2D eigenvalue weighted by Gasteiger charge is 2.15. The van der Waals surface area contributed by atoms with Gasteiger partial charge in [-0.3, -0.25) is 10.1 Å². The van der Waals surface area contributed by atoms with Crippen molar-refractivity contribution >= 4 is 18.0 Å². The van der Waals surface area contributed by atoms with Gasteiger partial charge in [-0.15, -0.1) is 5.10 Å². The van der Waals surface area contributed by atoms with Crippen LogP contribution in [0, 0.1) is 0 Å². The summed E-state index contributed by atoms with van der Waals surface area (Å²) in [6, 6.07) is 13.4. The molecular weight excluding hydrogens is 326 g/mol. The molecule has 0 unspecified atom stereocenters. The van der Waals surface area contributed by atoms with E-state index in [0.29, 0.717) is 11.5 Å². The Morgan fingerprint density at radius 2 is 1.81 bits per heavy atom. The van der Waals surface area contributed by atoms with Crippen LogP contribution in [0.4, 0.5) is 6.01 Å². The molecule has 130 valence electrons. The van der Waals surface area contributed by atoms with Crippen molar-refractivity contribution in [3.8, 4) is 11.5 Å². The van der Waals surface area contributed by atoms with Crippen molar-refractivity contribution in [3.05, 3.63) is 71.3 Å². The Kier molecular flexibility index (Phi) is 4.35. The second kappa shape index (κ2) is 6.96. The molecule has 1 aliphatic carbocycles. The maximum Gasteiger partial charge on any atom is 0.322 e. The van der Waals surface area contributed by atoms with Gasteiger partial charge in [0.25, 0.3) is 5.91 Å². The van der Waals surface area contributed by atoms with Gasteiger partial charge in [-0.25, -0.2) is 0 Å². The van der Waals surface area contributed by atoms with Gasteiger partial charge in [0.2, 0.25) is 5.89 Å². The summed E-state index contributed by atoms with van der Waals surface area (Å²) in [7, 11) is 0. The number of hydrogen-bond acceptors (Lipinski definition) is 4. The Labute approximate surface area is 151 Å². The van der Waals surface area contributed by atoms with E-state index >= 15 is 0 Å². The van der Waals surface area contributed by atoms with Crippen LogP contribution < -0.4 is 5.32 Å². The summed E-state index contributed by atoms with van der Waals surface area (Å²) >= 11 is 0. The molecular formula is C21H19N3O2. The van der Waals surface area contributed by atoms with E-state index in [1.54, 1.807) is 18.2 Å². The van der Waals surface area contributed by atoms with Crippen LogP contribution in [0.15, 0.2) is 53.5 Å². The Morgan fingerprint density at radius 3 is 2.58 bits per heavy atom. The third kappa shape index (κ3) is 3.28. The number of carbonyl (C=O) groups is 1. The number of nitrogens with zero attached hydrogens (tertiary/aromatic N) is 2. The van der Waals surface area contributed by atoms with Gasteiger partial charge in [0.1, 0.15) is 0 Å².